The van der Waals surface area contributed by atoms with Gasteiger partial charge in [0, 0.05) is 29.6 Å². The molecule has 0 bridgehead atoms. The van der Waals surface area contributed by atoms with E-state index in [-0.39, 0.29) is 18.5 Å². The Morgan fingerprint density at radius 1 is 1.15 bits per heavy atom. The fourth-order valence-electron chi connectivity index (χ4n) is 2.55. The van der Waals surface area contributed by atoms with Crippen LogP contribution in [0.4, 0.5) is 0 Å². The van der Waals surface area contributed by atoms with Crippen LogP contribution in [0.3, 0.4) is 0 Å². The highest BCUT2D eigenvalue weighted by atomic mass is 79.9. The molecule has 0 aromatic carbocycles. The number of nitrogens with one attached hydrogen (secondary N) is 1. The van der Waals surface area contributed by atoms with E-state index in [2.05, 4.69) is 26.2 Å². The van der Waals surface area contributed by atoms with Crippen molar-refractivity contribution in [2.45, 2.75) is 44.0 Å². The maximum atomic E-state index is 6.07. The molecule has 6 heteroatoms. The highest BCUT2D eigenvalue weighted by Gasteiger charge is 2.34. The fraction of sp³-hybridized carbons (Fsp3) is 0.643. The molecule has 0 spiro atoms. The first-order chi connectivity index (χ1) is 9.29. The molecule has 1 aromatic heterocycles. The molecule has 2 aliphatic rings. The van der Waals surface area contributed by atoms with Gasteiger partial charge in [-0.25, -0.2) is 4.98 Å². The first kappa shape index (κ1) is 16.0. The van der Waals surface area contributed by atoms with Crippen LogP contribution < -0.4 is 10.1 Å². The molecular weight excluding hydrogens is 344 g/mol. The van der Waals surface area contributed by atoms with Gasteiger partial charge in [0.15, 0.2) is 0 Å². The van der Waals surface area contributed by atoms with Crippen molar-refractivity contribution in [3.63, 3.8) is 0 Å². The zero-order chi connectivity index (χ0) is 13.1. The molecule has 2 fully saturated rings. The van der Waals surface area contributed by atoms with Crippen molar-refractivity contribution >= 4 is 28.3 Å². The molecule has 20 heavy (non-hydrogen) atoms. The van der Waals surface area contributed by atoms with Crippen LogP contribution in [0, 0.1) is 0 Å². The van der Waals surface area contributed by atoms with Gasteiger partial charge in [-0.1, -0.05) is 15.9 Å². The summed E-state index contributed by atoms with van der Waals surface area (Å²) in [5.74, 6) is 0.694. The van der Waals surface area contributed by atoms with Crippen LogP contribution in [0.15, 0.2) is 22.8 Å². The van der Waals surface area contributed by atoms with Crippen molar-refractivity contribution in [3.05, 3.63) is 22.8 Å². The predicted molar refractivity (Wildman–Crippen MR) is 83.6 cm³/mol. The van der Waals surface area contributed by atoms with Crippen LogP contribution in [-0.4, -0.2) is 36.4 Å². The third kappa shape index (κ3) is 4.32. The molecule has 1 saturated carbocycles. The first-order valence-corrected chi connectivity index (χ1v) is 7.73. The molecule has 1 aliphatic carbocycles. The van der Waals surface area contributed by atoms with Gasteiger partial charge < -0.3 is 14.8 Å². The average Bonchev–Trinajstić information content (AvgIpc) is 2.37. The summed E-state index contributed by atoms with van der Waals surface area (Å²) >= 11 is 3.42. The third-order valence-corrected chi connectivity index (χ3v) is 4.20. The molecule has 112 valence electrons. The molecule has 0 amide bonds. The number of nitrogens with zero attached hydrogens (tertiary/aromatic N) is 1. The first-order valence-electron chi connectivity index (χ1n) is 6.94. The number of pyridine rings is 1. The number of ether oxygens (including phenoxy) is 2. The van der Waals surface area contributed by atoms with E-state index in [1.807, 2.05) is 12.1 Å². The van der Waals surface area contributed by atoms with E-state index in [0.29, 0.717) is 18.1 Å². The molecule has 1 aromatic rings. The third-order valence-electron chi connectivity index (χ3n) is 3.71. The lowest BCUT2D eigenvalue weighted by atomic mass is 9.91. The summed E-state index contributed by atoms with van der Waals surface area (Å²) in [7, 11) is 0. The highest BCUT2D eigenvalue weighted by molar-refractivity contribution is 9.10. The zero-order valence-electron chi connectivity index (χ0n) is 11.3. The van der Waals surface area contributed by atoms with E-state index in [1.54, 1.807) is 6.20 Å². The second-order valence-electron chi connectivity index (χ2n) is 5.23. The minimum absolute atomic E-state index is 0. The largest absolute Gasteiger partial charge is 0.474 e. The van der Waals surface area contributed by atoms with E-state index in [0.717, 1.165) is 43.2 Å². The molecule has 3 rings (SSSR count). The Morgan fingerprint density at radius 3 is 2.60 bits per heavy atom. The van der Waals surface area contributed by atoms with Crippen LogP contribution in [0.1, 0.15) is 25.7 Å². The number of halogens is 2. The van der Waals surface area contributed by atoms with Gasteiger partial charge in [0.1, 0.15) is 6.10 Å². The summed E-state index contributed by atoms with van der Waals surface area (Å²) < 4.78 is 12.9. The van der Waals surface area contributed by atoms with Crippen molar-refractivity contribution in [3.8, 4) is 5.88 Å². The smallest absolute Gasteiger partial charge is 0.214 e. The Hall–Kier alpha value is -0.360. The molecule has 1 aliphatic heterocycles. The Balaban J connectivity index is 0.00000147. The van der Waals surface area contributed by atoms with Crippen LogP contribution in [0.2, 0.25) is 0 Å². The van der Waals surface area contributed by atoms with E-state index < -0.39 is 0 Å². The van der Waals surface area contributed by atoms with Crippen LogP contribution in [0.5, 0.6) is 5.88 Å². The van der Waals surface area contributed by atoms with E-state index in [4.69, 9.17) is 9.47 Å². The lowest BCUT2D eigenvalue weighted by Gasteiger charge is -2.38. The Bertz CT molecular complexity index is 423. The number of hydrogen-bond donors (Lipinski definition) is 1. The minimum atomic E-state index is 0. The molecule has 4 nitrogen and oxygen atoms in total. The van der Waals surface area contributed by atoms with Crippen molar-refractivity contribution in [1.82, 2.24) is 10.3 Å². The summed E-state index contributed by atoms with van der Waals surface area (Å²) in [6.45, 7) is 2.17. The SMILES string of the molecule is Brc1ccnc(OC2CC(OC3CCNCC3)C2)c1.Cl. The number of hydrogen-bond acceptors (Lipinski definition) is 4. The Kier molecular flexibility index (Phi) is 6.08. The van der Waals surface area contributed by atoms with Crippen LogP contribution in [0.25, 0.3) is 0 Å². The fourth-order valence-corrected chi connectivity index (χ4v) is 2.86. The summed E-state index contributed by atoms with van der Waals surface area (Å²) in [6, 6.07) is 3.80. The quantitative estimate of drug-likeness (QED) is 0.893. The highest BCUT2D eigenvalue weighted by Crippen LogP contribution is 2.30. The minimum Gasteiger partial charge on any atom is -0.474 e. The van der Waals surface area contributed by atoms with E-state index in [9.17, 15) is 0 Å². The van der Waals surface area contributed by atoms with Gasteiger partial charge in [-0.15, -0.1) is 12.4 Å². The van der Waals surface area contributed by atoms with E-state index in [1.165, 1.54) is 0 Å². The maximum Gasteiger partial charge on any atom is 0.214 e. The molecule has 1 saturated heterocycles. The van der Waals surface area contributed by atoms with Gasteiger partial charge in [0.2, 0.25) is 5.88 Å². The predicted octanol–water partition coefficient (Wildman–Crippen LogP) is 2.94. The van der Waals surface area contributed by atoms with Gasteiger partial charge in [0.25, 0.3) is 0 Å². The second kappa shape index (κ2) is 7.59. The topological polar surface area (TPSA) is 43.4 Å². The van der Waals surface area contributed by atoms with Gasteiger partial charge >= 0.3 is 0 Å². The zero-order valence-corrected chi connectivity index (χ0v) is 13.7. The second-order valence-corrected chi connectivity index (χ2v) is 6.15. The molecule has 0 radical (unpaired) electrons. The molecule has 2 heterocycles. The molecule has 1 N–H and O–H groups in total. The number of piperidine rings is 1. The Labute approximate surface area is 134 Å². The van der Waals surface area contributed by atoms with Gasteiger partial charge in [0.05, 0.1) is 12.2 Å². The van der Waals surface area contributed by atoms with Crippen molar-refractivity contribution in [1.29, 1.82) is 0 Å². The molecule has 0 atom stereocenters. The molecular formula is C14H20BrClN2O2. The monoisotopic (exact) mass is 362 g/mol. The van der Waals surface area contributed by atoms with Crippen LogP contribution in [-0.2, 0) is 4.74 Å². The Morgan fingerprint density at radius 2 is 1.90 bits per heavy atom. The number of aromatic nitrogens is 1. The van der Waals surface area contributed by atoms with Crippen molar-refractivity contribution in [2.24, 2.45) is 0 Å². The standard InChI is InChI=1S/C14H19BrN2O2.ClH/c15-10-1-6-17-14(7-10)19-13-8-12(9-13)18-11-2-4-16-5-3-11;/h1,6-7,11-13,16H,2-5,8-9H2;1H. The lowest BCUT2D eigenvalue weighted by Crippen LogP contribution is -2.43. The number of rotatable bonds is 4. The van der Waals surface area contributed by atoms with Gasteiger partial charge in [-0.2, -0.15) is 0 Å². The van der Waals surface area contributed by atoms with E-state index >= 15 is 0 Å². The summed E-state index contributed by atoms with van der Waals surface area (Å²) in [6.07, 6.45) is 7.06. The summed E-state index contributed by atoms with van der Waals surface area (Å²) in [5.41, 5.74) is 0. The summed E-state index contributed by atoms with van der Waals surface area (Å²) in [5, 5.41) is 3.35. The van der Waals surface area contributed by atoms with Gasteiger partial charge in [-0.3, -0.25) is 0 Å². The average molecular weight is 364 g/mol. The maximum absolute atomic E-state index is 6.07. The summed E-state index contributed by atoms with van der Waals surface area (Å²) in [4.78, 5) is 4.20. The van der Waals surface area contributed by atoms with Crippen LogP contribution >= 0.6 is 28.3 Å². The van der Waals surface area contributed by atoms with Crippen molar-refractivity contribution < 1.29 is 9.47 Å². The lowest BCUT2D eigenvalue weighted by molar-refractivity contribution is -0.104. The molecule has 0 unspecified atom stereocenters. The van der Waals surface area contributed by atoms with Crippen molar-refractivity contribution in [2.75, 3.05) is 13.1 Å². The van der Waals surface area contributed by atoms with Gasteiger partial charge in [-0.05, 0) is 32.0 Å². The normalized spacial score (nSPS) is 26.4.